The van der Waals surface area contributed by atoms with E-state index in [1.165, 1.54) is 0 Å². The molecule has 24 heavy (non-hydrogen) atoms. The molecule has 1 N–H and O–H groups in total. The van der Waals surface area contributed by atoms with Gasteiger partial charge in [0, 0.05) is 5.56 Å². The Hall–Kier alpha value is -3.33. The number of aromatic nitrogens is 1. The van der Waals surface area contributed by atoms with E-state index in [1.807, 2.05) is 91.0 Å². The Morgan fingerprint density at radius 1 is 0.625 bits per heavy atom. The van der Waals surface area contributed by atoms with Gasteiger partial charge in [0.15, 0.2) is 0 Å². The molecule has 0 saturated heterocycles. The van der Waals surface area contributed by atoms with Crippen LogP contribution in [0.1, 0.15) is 0 Å². The number of benzene rings is 3. The summed E-state index contributed by atoms with van der Waals surface area (Å²) in [6.07, 6.45) is 0. The second kappa shape index (κ2) is 6.05. The fourth-order valence-electron chi connectivity index (χ4n) is 2.87. The Morgan fingerprint density at radius 2 is 1.12 bits per heavy atom. The Bertz CT molecular complexity index is 1000. The van der Waals surface area contributed by atoms with Crippen molar-refractivity contribution in [3.63, 3.8) is 0 Å². The van der Waals surface area contributed by atoms with Crippen LogP contribution in [-0.4, -0.2) is 4.74 Å². The van der Waals surface area contributed by atoms with Crippen LogP contribution in [0.25, 0.3) is 28.1 Å². The molecule has 4 rings (SSSR count). The summed E-state index contributed by atoms with van der Waals surface area (Å²) in [6, 6.07) is 29.8. The third-order valence-electron chi connectivity index (χ3n) is 3.95. The van der Waals surface area contributed by atoms with Crippen molar-refractivity contribution in [1.82, 2.24) is 4.74 Å². The Labute approximate surface area is 139 Å². The van der Waals surface area contributed by atoms with Crippen LogP contribution >= 0.6 is 0 Å². The average molecular weight is 312 g/mol. The highest BCUT2D eigenvalue weighted by Crippen LogP contribution is 2.32. The van der Waals surface area contributed by atoms with Gasteiger partial charge in [-0.05, 0) is 17.7 Å². The summed E-state index contributed by atoms with van der Waals surface area (Å²) in [5.41, 5.74) is 4.72. The van der Waals surface area contributed by atoms with Crippen LogP contribution in [0.2, 0.25) is 0 Å². The molecule has 3 heteroatoms. The molecule has 0 saturated carbocycles. The molecule has 0 spiro atoms. The smallest absolute Gasteiger partial charge is 0.249 e. The standard InChI is InChI=1S/C21H16N2O/c22-21-19(16-10-4-1-5-11-16)20(17-12-6-2-7-13-17)23(24-21)18-14-8-3-9-15-18/h1-15,22H. The van der Waals surface area contributed by atoms with Gasteiger partial charge in [-0.2, -0.15) is 4.74 Å². The molecule has 0 fully saturated rings. The quantitative estimate of drug-likeness (QED) is 0.575. The van der Waals surface area contributed by atoms with E-state index in [4.69, 9.17) is 9.93 Å². The minimum absolute atomic E-state index is 0.156. The number of rotatable bonds is 3. The van der Waals surface area contributed by atoms with Crippen molar-refractivity contribution < 1.29 is 4.52 Å². The Morgan fingerprint density at radius 3 is 1.71 bits per heavy atom. The van der Waals surface area contributed by atoms with E-state index in [0.29, 0.717) is 0 Å². The summed E-state index contributed by atoms with van der Waals surface area (Å²) in [4.78, 5) is 0. The van der Waals surface area contributed by atoms with Crippen LogP contribution in [0.15, 0.2) is 95.5 Å². The van der Waals surface area contributed by atoms with E-state index < -0.39 is 0 Å². The third-order valence-corrected chi connectivity index (χ3v) is 3.95. The van der Waals surface area contributed by atoms with E-state index in [9.17, 15) is 0 Å². The number of hydrogen-bond donors (Lipinski definition) is 1. The van der Waals surface area contributed by atoms with E-state index in [2.05, 4.69) is 0 Å². The summed E-state index contributed by atoms with van der Waals surface area (Å²) >= 11 is 0. The van der Waals surface area contributed by atoms with E-state index in [0.717, 1.165) is 28.1 Å². The molecular weight excluding hydrogens is 296 g/mol. The van der Waals surface area contributed by atoms with Crippen LogP contribution < -0.4 is 5.55 Å². The number of hydrogen-bond acceptors (Lipinski definition) is 2. The first-order valence-electron chi connectivity index (χ1n) is 7.82. The van der Waals surface area contributed by atoms with Crippen LogP contribution in [0.4, 0.5) is 0 Å². The van der Waals surface area contributed by atoms with E-state index >= 15 is 0 Å². The highest BCUT2D eigenvalue weighted by Gasteiger charge is 2.19. The lowest BCUT2D eigenvalue weighted by atomic mass is 10.0. The van der Waals surface area contributed by atoms with Crippen molar-refractivity contribution in [2.45, 2.75) is 0 Å². The maximum atomic E-state index is 8.38. The lowest BCUT2D eigenvalue weighted by Gasteiger charge is -2.09. The molecule has 1 aromatic heterocycles. The van der Waals surface area contributed by atoms with Gasteiger partial charge in [0.05, 0.1) is 11.3 Å². The molecule has 116 valence electrons. The van der Waals surface area contributed by atoms with Crippen molar-refractivity contribution >= 4 is 0 Å². The molecular formula is C21H16N2O. The van der Waals surface area contributed by atoms with Crippen LogP contribution in [0.3, 0.4) is 0 Å². The first-order chi connectivity index (χ1) is 11.8. The van der Waals surface area contributed by atoms with Gasteiger partial charge >= 0.3 is 0 Å². The van der Waals surface area contributed by atoms with Gasteiger partial charge in [0.25, 0.3) is 0 Å². The van der Waals surface area contributed by atoms with Crippen molar-refractivity contribution in [3.05, 3.63) is 96.5 Å². The molecule has 0 radical (unpaired) electrons. The minimum Gasteiger partial charge on any atom is -0.354 e. The Kier molecular flexibility index (Phi) is 3.60. The summed E-state index contributed by atoms with van der Waals surface area (Å²) < 4.78 is 7.56. The van der Waals surface area contributed by atoms with Crippen molar-refractivity contribution in [2.75, 3.05) is 0 Å². The van der Waals surface area contributed by atoms with Crippen molar-refractivity contribution in [1.29, 1.82) is 5.41 Å². The molecule has 0 unspecified atom stereocenters. The van der Waals surface area contributed by atoms with E-state index in [1.54, 1.807) is 4.74 Å². The summed E-state index contributed by atoms with van der Waals surface area (Å²) in [5.74, 6) is 0. The molecule has 0 atom stereocenters. The molecule has 0 aliphatic carbocycles. The average Bonchev–Trinajstić information content (AvgIpc) is 3.01. The van der Waals surface area contributed by atoms with Gasteiger partial charge in [-0.1, -0.05) is 78.9 Å². The molecule has 0 aliphatic heterocycles. The SMILES string of the molecule is N=c1on(-c2ccccc2)c(-c2ccccc2)c1-c1ccccc1. The fraction of sp³-hybridized carbons (Fsp3) is 0. The van der Waals surface area contributed by atoms with Gasteiger partial charge in [0.2, 0.25) is 5.55 Å². The molecule has 3 nitrogen and oxygen atoms in total. The number of para-hydroxylation sites is 1. The second-order valence-electron chi connectivity index (χ2n) is 5.51. The predicted octanol–water partition coefficient (Wildman–Crippen LogP) is 4.88. The molecule has 1 heterocycles. The van der Waals surface area contributed by atoms with Crippen molar-refractivity contribution in [2.24, 2.45) is 0 Å². The van der Waals surface area contributed by atoms with Crippen LogP contribution in [0, 0.1) is 5.41 Å². The Balaban J connectivity index is 2.05. The normalized spacial score (nSPS) is 10.7. The molecule has 0 amide bonds. The molecule has 3 aromatic carbocycles. The zero-order chi connectivity index (χ0) is 16.4. The number of nitrogens with one attached hydrogen (secondary N) is 1. The van der Waals surface area contributed by atoms with Gasteiger partial charge in [-0.25, -0.2) is 0 Å². The molecule has 0 aliphatic rings. The lowest BCUT2D eigenvalue weighted by Crippen LogP contribution is -1.97. The van der Waals surface area contributed by atoms with Gasteiger partial charge in [0.1, 0.15) is 5.69 Å². The monoisotopic (exact) mass is 312 g/mol. The highest BCUT2D eigenvalue weighted by molar-refractivity contribution is 5.81. The highest BCUT2D eigenvalue weighted by atomic mass is 16.5. The first kappa shape index (κ1) is 14.3. The van der Waals surface area contributed by atoms with Crippen molar-refractivity contribution in [3.8, 4) is 28.1 Å². The zero-order valence-corrected chi connectivity index (χ0v) is 13.0. The van der Waals surface area contributed by atoms with Crippen LogP contribution in [0.5, 0.6) is 0 Å². The summed E-state index contributed by atoms with van der Waals surface area (Å²) in [7, 11) is 0. The summed E-state index contributed by atoms with van der Waals surface area (Å²) in [6.45, 7) is 0. The maximum absolute atomic E-state index is 8.38. The van der Waals surface area contributed by atoms with Gasteiger partial charge in [-0.15, -0.1) is 0 Å². The minimum atomic E-state index is 0.156. The maximum Gasteiger partial charge on any atom is 0.249 e. The summed E-state index contributed by atoms with van der Waals surface area (Å²) in [5, 5.41) is 8.38. The predicted molar refractivity (Wildman–Crippen MR) is 94.8 cm³/mol. The molecule has 0 bridgehead atoms. The third kappa shape index (κ3) is 2.46. The largest absolute Gasteiger partial charge is 0.354 e. The first-order valence-corrected chi connectivity index (χ1v) is 7.82. The van der Waals surface area contributed by atoms with Crippen LogP contribution in [-0.2, 0) is 0 Å². The van der Waals surface area contributed by atoms with Gasteiger partial charge in [-0.3, -0.25) is 5.41 Å². The molecule has 4 aromatic rings. The zero-order valence-electron chi connectivity index (χ0n) is 13.0. The lowest BCUT2D eigenvalue weighted by molar-refractivity contribution is 0.314. The topological polar surface area (TPSA) is 41.9 Å². The van der Waals surface area contributed by atoms with Gasteiger partial charge < -0.3 is 4.52 Å². The van der Waals surface area contributed by atoms with E-state index in [-0.39, 0.29) is 5.55 Å². The second-order valence-corrected chi connectivity index (χ2v) is 5.51. The fourth-order valence-corrected chi connectivity index (χ4v) is 2.87. The number of nitrogens with zero attached hydrogens (tertiary/aromatic N) is 1.